The smallest absolute Gasteiger partial charge is 0.340 e. The van der Waals surface area contributed by atoms with Crippen LogP contribution in [0.2, 0.25) is 0 Å². The second-order valence-corrected chi connectivity index (χ2v) is 5.50. The van der Waals surface area contributed by atoms with Gasteiger partial charge >= 0.3 is 5.97 Å². The van der Waals surface area contributed by atoms with Gasteiger partial charge in [-0.3, -0.25) is 4.90 Å². The minimum Gasteiger partial charge on any atom is -0.462 e. The second kappa shape index (κ2) is 7.31. The molecule has 5 heteroatoms. The van der Waals surface area contributed by atoms with Crippen molar-refractivity contribution < 1.29 is 9.53 Å². The second-order valence-electron chi connectivity index (χ2n) is 5.50. The molecule has 0 bridgehead atoms. The maximum atomic E-state index is 11.8. The molecule has 1 aromatic carbocycles. The molecule has 0 aliphatic carbocycles. The molecule has 3 N–H and O–H groups in total. The number of hydrogen-bond acceptors (Lipinski definition) is 5. The van der Waals surface area contributed by atoms with Gasteiger partial charge in [0.15, 0.2) is 0 Å². The lowest BCUT2D eigenvalue weighted by molar-refractivity contribution is 0.0527. The Hall–Kier alpha value is -1.75. The maximum absolute atomic E-state index is 11.8. The van der Waals surface area contributed by atoms with Gasteiger partial charge in [-0.25, -0.2) is 4.79 Å². The summed E-state index contributed by atoms with van der Waals surface area (Å²) in [5, 5.41) is 3.38. The standard InChI is InChI=1S/C16H25N3O2/c1-3-21-16(20)14-10-13(6-7-15(14)17)18-11-12(2)19-8-4-5-9-19/h6-7,10,12,18H,3-5,8-9,11,17H2,1-2H3. The topological polar surface area (TPSA) is 67.6 Å². The Balaban J connectivity index is 1.96. The SMILES string of the molecule is CCOC(=O)c1cc(NCC(C)N2CCCC2)ccc1N. The monoisotopic (exact) mass is 291 g/mol. The van der Waals surface area contributed by atoms with E-state index in [4.69, 9.17) is 10.5 Å². The number of benzene rings is 1. The van der Waals surface area contributed by atoms with Gasteiger partial charge in [0, 0.05) is 24.0 Å². The maximum Gasteiger partial charge on any atom is 0.340 e. The van der Waals surface area contributed by atoms with Gasteiger partial charge in [-0.2, -0.15) is 0 Å². The number of ether oxygens (including phenoxy) is 1. The third-order valence-corrected chi connectivity index (χ3v) is 3.91. The summed E-state index contributed by atoms with van der Waals surface area (Å²) >= 11 is 0. The fourth-order valence-electron chi connectivity index (χ4n) is 2.63. The van der Waals surface area contributed by atoms with E-state index in [1.54, 1.807) is 19.1 Å². The minimum atomic E-state index is -0.369. The van der Waals surface area contributed by atoms with Crippen LogP contribution in [0.5, 0.6) is 0 Å². The van der Waals surface area contributed by atoms with Crippen LogP contribution in [0, 0.1) is 0 Å². The van der Waals surface area contributed by atoms with Gasteiger partial charge in [-0.05, 0) is 58.0 Å². The zero-order valence-electron chi connectivity index (χ0n) is 12.9. The molecule has 0 amide bonds. The van der Waals surface area contributed by atoms with Crippen molar-refractivity contribution in [2.75, 3.05) is 37.3 Å². The van der Waals surface area contributed by atoms with Gasteiger partial charge in [0.25, 0.3) is 0 Å². The van der Waals surface area contributed by atoms with E-state index in [2.05, 4.69) is 17.1 Å². The molecule has 1 aliphatic heterocycles. The van der Waals surface area contributed by atoms with Crippen LogP contribution < -0.4 is 11.1 Å². The predicted molar refractivity (Wildman–Crippen MR) is 85.6 cm³/mol. The van der Waals surface area contributed by atoms with Gasteiger partial charge < -0.3 is 15.8 Å². The molecule has 0 spiro atoms. The van der Waals surface area contributed by atoms with E-state index in [0.29, 0.717) is 23.9 Å². The zero-order valence-corrected chi connectivity index (χ0v) is 12.9. The minimum absolute atomic E-state index is 0.349. The van der Waals surface area contributed by atoms with Gasteiger partial charge in [-0.15, -0.1) is 0 Å². The molecule has 1 heterocycles. The fraction of sp³-hybridized carbons (Fsp3) is 0.562. The Morgan fingerprint density at radius 2 is 2.14 bits per heavy atom. The lowest BCUT2D eigenvalue weighted by Crippen LogP contribution is -2.35. The summed E-state index contributed by atoms with van der Waals surface area (Å²) in [5.41, 5.74) is 7.62. The highest BCUT2D eigenvalue weighted by molar-refractivity contribution is 5.96. The van der Waals surface area contributed by atoms with Crippen LogP contribution in [0.4, 0.5) is 11.4 Å². The molecule has 1 atom stereocenters. The van der Waals surface area contributed by atoms with Crippen LogP contribution >= 0.6 is 0 Å². The number of nitrogens with one attached hydrogen (secondary N) is 1. The molecule has 116 valence electrons. The molecule has 2 rings (SSSR count). The average molecular weight is 291 g/mol. The van der Waals surface area contributed by atoms with Crippen molar-refractivity contribution in [3.05, 3.63) is 23.8 Å². The van der Waals surface area contributed by atoms with E-state index >= 15 is 0 Å². The first-order chi connectivity index (χ1) is 10.1. The van der Waals surface area contributed by atoms with Crippen molar-refractivity contribution in [3.8, 4) is 0 Å². The molecule has 1 unspecified atom stereocenters. The number of carbonyl (C=O) groups excluding carboxylic acids is 1. The summed E-state index contributed by atoms with van der Waals surface area (Å²) in [7, 11) is 0. The van der Waals surface area contributed by atoms with Crippen LogP contribution in [-0.2, 0) is 4.74 Å². The predicted octanol–water partition coefficient (Wildman–Crippen LogP) is 2.34. The van der Waals surface area contributed by atoms with E-state index < -0.39 is 0 Å². The van der Waals surface area contributed by atoms with Gasteiger partial charge in [0.1, 0.15) is 0 Å². The summed E-state index contributed by atoms with van der Waals surface area (Å²) in [5.74, 6) is -0.369. The number of nitrogens with two attached hydrogens (primary N) is 1. The van der Waals surface area contributed by atoms with Gasteiger partial charge in [0.05, 0.1) is 12.2 Å². The molecule has 0 aromatic heterocycles. The van der Waals surface area contributed by atoms with E-state index in [-0.39, 0.29) is 5.97 Å². The molecule has 5 nitrogen and oxygen atoms in total. The Kier molecular flexibility index (Phi) is 5.44. The largest absolute Gasteiger partial charge is 0.462 e. The molecule has 0 radical (unpaired) electrons. The van der Waals surface area contributed by atoms with E-state index in [1.807, 2.05) is 6.07 Å². The van der Waals surface area contributed by atoms with Crippen LogP contribution in [0.15, 0.2) is 18.2 Å². The Bertz CT molecular complexity index is 484. The van der Waals surface area contributed by atoms with E-state index in [1.165, 1.54) is 25.9 Å². The summed E-state index contributed by atoms with van der Waals surface area (Å²) in [4.78, 5) is 14.3. The highest BCUT2D eigenvalue weighted by atomic mass is 16.5. The molecular formula is C16H25N3O2. The highest BCUT2D eigenvalue weighted by Gasteiger charge is 2.18. The number of hydrogen-bond donors (Lipinski definition) is 2. The number of anilines is 2. The number of nitrogens with zero attached hydrogens (tertiary/aromatic N) is 1. The molecule has 21 heavy (non-hydrogen) atoms. The van der Waals surface area contributed by atoms with Crippen molar-refractivity contribution in [2.45, 2.75) is 32.7 Å². The number of likely N-dealkylation sites (tertiary alicyclic amines) is 1. The number of esters is 1. The fourth-order valence-corrected chi connectivity index (χ4v) is 2.63. The lowest BCUT2D eigenvalue weighted by atomic mass is 10.1. The molecule has 1 fully saturated rings. The molecule has 1 aliphatic rings. The molecular weight excluding hydrogens is 266 g/mol. The quantitative estimate of drug-likeness (QED) is 0.622. The summed E-state index contributed by atoms with van der Waals surface area (Å²) < 4.78 is 5.02. The van der Waals surface area contributed by atoms with E-state index in [0.717, 1.165) is 12.2 Å². The van der Waals surface area contributed by atoms with Crippen molar-refractivity contribution in [1.82, 2.24) is 4.90 Å². The molecule has 1 saturated heterocycles. The van der Waals surface area contributed by atoms with Gasteiger partial charge in [0.2, 0.25) is 0 Å². The third-order valence-electron chi connectivity index (χ3n) is 3.91. The van der Waals surface area contributed by atoms with E-state index in [9.17, 15) is 4.79 Å². The summed E-state index contributed by atoms with van der Waals surface area (Å²) in [6, 6.07) is 5.89. The normalized spacial score (nSPS) is 16.7. The summed E-state index contributed by atoms with van der Waals surface area (Å²) in [6.07, 6.45) is 2.58. The number of nitrogen functional groups attached to an aromatic ring is 1. The zero-order chi connectivity index (χ0) is 15.2. The third kappa shape index (κ3) is 4.11. The Labute approximate surface area is 126 Å². The first-order valence-electron chi connectivity index (χ1n) is 7.66. The summed E-state index contributed by atoms with van der Waals surface area (Å²) in [6.45, 7) is 7.57. The highest BCUT2D eigenvalue weighted by Crippen LogP contribution is 2.19. The Morgan fingerprint density at radius 1 is 1.43 bits per heavy atom. The van der Waals surface area contributed by atoms with Crippen LogP contribution in [-0.4, -0.2) is 43.2 Å². The lowest BCUT2D eigenvalue weighted by Gasteiger charge is -2.24. The average Bonchev–Trinajstić information content (AvgIpc) is 3.00. The van der Waals surface area contributed by atoms with Crippen molar-refractivity contribution in [1.29, 1.82) is 0 Å². The van der Waals surface area contributed by atoms with Crippen LogP contribution in [0.3, 0.4) is 0 Å². The molecule has 0 saturated carbocycles. The van der Waals surface area contributed by atoms with Crippen molar-refractivity contribution >= 4 is 17.3 Å². The van der Waals surface area contributed by atoms with Crippen LogP contribution in [0.25, 0.3) is 0 Å². The van der Waals surface area contributed by atoms with Crippen molar-refractivity contribution in [2.24, 2.45) is 0 Å². The van der Waals surface area contributed by atoms with Crippen molar-refractivity contribution in [3.63, 3.8) is 0 Å². The Morgan fingerprint density at radius 3 is 2.81 bits per heavy atom. The first-order valence-corrected chi connectivity index (χ1v) is 7.66. The number of carbonyl (C=O) groups is 1. The van der Waals surface area contributed by atoms with Crippen LogP contribution in [0.1, 0.15) is 37.0 Å². The van der Waals surface area contributed by atoms with Gasteiger partial charge in [-0.1, -0.05) is 0 Å². The first kappa shape index (κ1) is 15.6. The molecule has 1 aromatic rings. The number of rotatable bonds is 6.